The lowest BCUT2D eigenvalue weighted by molar-refractivity contribution is -0.141. The molecule has 4 aliphatic rings. The van der Waals surface area contributed by atoms with E-state index in [0.29, 0.717) is 37.4 Å². The second-order valence-electron chi connectivity index (χ2n) is 11.9. The number of ketones is 1. The van der Waals surface area contributed by atoms with Crippen LogP contribution in [0.15, 0.2) is 29.6 Å². The largest absolute Gasteiger partial charge is 0.497 e. The van der Waals surface area contributed by atoms with Crippen LogP contribution in [-0.4, -0.2) is 77.6 Å². The normalized spacial score (nSPS) is 23.2. The first-order valence-corrected chi connectivity index (χ1v) is 15.5. The summed E-state index contributed by atoms with van der Waals surface area (Å²) in [5.74, 6) is -2.30. The molecular formula is C30H35N5O6S. The molecule has 6 rings (SSSR count). The number of methoxy groups -OCH3 is 1. The van der Waals surface area contributed by atoms with Crippen molar-refractivity contribution >= 4 is 40.7 Å². The number of benzene rings is 1. The van der Waals surface area contributed by atoms with Crippen LogP contribution in [0.5, 0.6) is 5.75 Å². The van der Waals surface area contributed by atoms with Crippen molar-refractivity contribution in [2.75, 3.05) is 20.2 Å². The summed E-state index contributed by atoms with van der Waals surface area (Å²) in [5.41, 5.74) is 1.47. The Balaban J connectivity index is 1.21. The lowest BCUT2D eigenvalue weighted by Crippen LogP contribution is -2.58. The molecule has 2 aliphatic carbocycles. The average molecular weight is 594 g/mol. The number of piperidine rings is 1. The number of thiazole rings is 1. The van der Waals surface area contributed by atoms with Crippen LogP contribution in [0.25, 0.3) is 11.3 Å². The van der Waals surface area contributed by atoms with Crippen LogP contribution in [0.2, 0.25) is 0 Å². The Morgan fingerprint density at radius 3 is 2.69 bits per heavy atom. The van der Waals surface area contributed by atoms with Gasteiger partial charge in [0.15, 0.2) is 5.01 Å². The molecule has 2 saturated carbocycles. The fraction of sp³-hybridized carbons (Fsp3) is 0.533. The minimum Gasteiger partial charge on any atom is -0.497 e. The predicted octanol–water partition coefficient (Wildman–Crippen LogP) is 2.06. The van der Waals surface area contributed by atoms with Gasteiger partial charge in [-0.1, -0.05) is 12.1 Å². The molecule has 0 radical (unpaired) electrons. The smallest absolute Gasteiger partial charge is 0.289 e. The third kappa shape index (κ3) is 6.04. The second kappa shape index (κ2) is 11.5. The Bertz CT molecular complexity index is 1420. The van der Waals surface area contributed by atoms with Crippen molar-refractivity contribution in [2.45, 2.75) is 69.5 Å². The molecule has 3 N–H and O–H groups in total. The summed E-state index contributed by atoms with van der Waals surface area (Å²) in [5, 5.41) is 10.3. The number of amides is 4. The topological polar surface area (TPSA) is 147 Å². The highest BCUT2D eigenvalue weighted by molar-refractivity contribution is 7.12. The molecule has 2 aliphatic heterocycles. The van der Waals surface area contributed by atoms with E-state index in [2.05, 4.69) is 20.9 Å². The van der Waals surface area contributed by atoms with Crippen molar-refractivity contribution in [3.63, 3.8) is 0 Å². The Kier molecular flexibility index (Phi) is 7.73. The highest BCUT2D eigenvalue weighted by Gasteiger charge is 2.51. The molecular weight excluding hydrogens is 558 g/mol. The van der Waals surface area contributed by atoms with Crippen molar-refractivity contribution < 1.29 is 28.7 Å². The van der Waals surface area contributed by atoms with Crippen LogP contribution in [0, 0.1) is 11.3 Å². The van der Waals surface area contributed by atoms with Gasteiger partial charge in [0.25, 0.3) is 11.8 Å². The van der Waals surface area contributed by atoms with E-state index in [9.17, 15) is 24.0 Å². The third-order valence-electron chi connectivity index (χ3n) is 8.91. The van der Waals surface area contributed by atoms with E-state index in [1.54, 1.807) is 12.0 Å². The Labute approximate surface area is 247 Å². The molecule has 4 fully saturated rings. The molecule has 2 aromatic rings. The zero-order valence-electron chi connectivity index (χ0n) is 23.5. The maximum atomic E-state index is 13.9. The quantitative estimate of drug-likeness (QED) is 0.358. The summed E-state index contributed by atoms with van der Waals surface area (Å²) in [4.78, 5) is 72.0. The number of nitrogens with zero attached hydrogens (tertiary/aromatic N) is 2. The zero-order valence-corrected chi connectivity index (χ0v) is 24.3. The Morgan fingerprint density at radius 1 is 1.19 bits per heavy atom. The van der Waals surface area contributed by atoms with Crippen molar-refractivity contribution in [3.8, 4) is 17.0 Å². The molecule has 1 spiro atoms. The molecule has 3 heterocycles. The Hall–Kier alpha value is -3.80. The minimum absolute atomic E-state index is 0.0155. The molecule has 222 valence electrons. The number of likely N-dealkylation sites (tertiary alicyclic amines) is 1. The van der Waals surface area contributed by atoms with Crippen LogP contribution in [0.4, 0.5) is 0 Å². The number of aromatic nitrogens is 1. The summed E-state index contributed by atoms with van der Waals surface area (Å²) in [6.45, 7) is 0.891. The molecule has 42 heavy (non-hydrogen) atoms. The third-order valence-corrected chi connectivity index (χ3v) is 9.74. The molecule has 11 nitrogen and oxygen atoms in total. The summed E-state index contributed by atoms with van der Waals surface area (Å²) in [6.07, 6.45) is 5.46. The van der Waals surface area contributed by atoms with E-state index in [1.807, 2.05) is 29.6 Å². The van der Waals surface area contributed by atoms with Crippen molar-refractivity contribution in [1.82, 2.24) is 25.8 Å². The van der Waals surface area contributed by atoms with E-state index in [1.165, 1.54) is 11.3 Å². The maximum Gasteiger partial charge on any atom is 0.289 e. The summed E-state index contributed by atoms with van der Waals surface area (Å²) in [6, 6.07) is 5.44. The standard InChI is InChI=1S/C30H35N5O6S/c1-41-20-4-2-3-17(13-20)22-16-42-28(34-22)29(40)35-12-10-30(8-9-30)15-23(35)26(38)33-21(14-18-7-11-31-25(18)37)24(36)27(39)32-19-5-6-19/h2-4,13,16,18-19,21,23H,5-12,14-15H2,1H3,(H,31,37)(H,32,39)(H,33,38)/t18-,21-,23-/m0/s1. The van der Waals surface area contributed by atoms with Gasteiger partial charge >= 0.3 is 0 Å². The number of Topliss-reactive ketones (excluding diaryl/α,β-unsaturated/α-hetero) is 1. The molecule has 1 aromatic carbocycles. The minimum atomic E-state index is -1.15. The molecule has 12 heteroatoms. The summed E-state index contributed by atoms with van der Waals surface area (Å²) in [7, 11) is 1.59. The van der Waals surface area contributed by atoms with Crippen molar-refractivity contribution in [1.29, 1.82) is 0 Å². The van der Waals surface area contributed by atoms with Gasteiger partial charge in [-0.3, -0.25) is 24.0 Å². The number of hydrogen-bond acceptors (Lipinski definition) is 8. The van der Waals surface area contributed by atoms with Crippen LogP contribution in [0.1, 0.15) is 61.2 Å². The lowest BCUT2D eigenvalue weighted by atomic mass is 9.87. The van der Waals surface area contributed by atoms with Gasteiger partial charge in [0, 0.05) is 36.0 Å². The van der Waals surface area contributed by atoms with E-state index in [4.69, 9.17) is 4.74 Å². The fourth-order valence-corrected chi connectivity index (χ4v) is 6.73. The van der Waals surface area contributed by atoms with E-state index in [0.717, 1.165) is 37.7 Å². The first-order chi connectivity index (χ1) is 20.2. The number of nitrogens with one attached hydrogen (secondary N) is 3. The van der Waals surface area contributed by atoms with Crippen molar-refractivity contribution in [2.24, 2.45) is 11.3 Å². The molecule has 4 amide bonds. The number of rotatable bonds is 10. The van der Waals surface area contributed by atoms with Crippen LogP contribution >= 0.6 is 11.3 Å². The highest BCUT2D eigenvalue weighted by atomic mass is 32.1. The average Bonchev–Trinajstić information content (AvgIpc) is 3.87. The van der Waals surface area contributed by atoms with E-state index in [-0.39, 0.29) is 34.7 Å². The molecule has 0 bridgehead atoms. The van der Waals surface area contributed by atoms with Crippen LogP contribution in [-0.2, 0) is 19.2 Å². The first kappa shape index (κ1) is 28.3. The predicted molar refractivity (Wildman–Crippen MR) is 154 cm³/mol. The number of carbonyl (C=O) groups excluding carboxylic acids is 5. The van der Waals surface area contributed by atoms with Gasteiger partial charge in [0.1, 0.15) is 11.8 Å². The summed E-state index contributed by atoms with van der Waals surface area (Å²) < 4.78 is 5.31. The van der Waals surface area contributed by atoms with Gasteiger partial charge in [-0.05, 0) is 68.9 Å². The molecule has 3 atom stereocenters. The first-order valence-electron chi connectivity index (χ1n) is 14.6. The van der Waals surface area contributed by atoms with Gasteiger partial charge < -0.3 is 25.6 Å². The highest BCUT2D eigenvalue weighted by Crippen LogP contribution is 2.55. The van der Waals surface area contributed by atoms with E-state index >= 15 is 0 Å². The second-order valence-corrected chi connectivity index (χ2v) is 12.8. The van der Waals surface area contributed by atoms with E-state index < -0.39 is 35.6 Å². The SMILES string of the molecule is COc1cccc(-c2csc(C(=O)N3CCC4(CC4)C[C@H]3C(=O)N[C@@H](C[C@@H]3CCNC3=O)C(=O)C(=O)NC3CC3)n2)c1. The lowest BCUT2D eigenvalue weighted by Gasteiger charge is -2.39. The van der Waals surface area contributed by atoms with Gasteiger partial charge in [-0.25, -0.2) is 4.98 Å². The van der Waals surface area contributed by atoms with Gasteiger partial charge in [0.05, 0.1) is 18.8 Å². The number of hydrogen-bond donors (Lipinski definition) is 3. The van der Waals surface area contributed by atoms with Crippen molar-refractivity contribution in [3.05, 3.63) is 34.7 Å². The van der Waals surface area contributed by atoms with Gasteiger partial charge in [-0.2, -0.15) is 0 Å². The van der Waals surface area contributed by atoms with Gasteiger partial charge in [-0.15, -0.1) is 11.3 Å². The summed E-state index contributed by atoms with van der Waals surface area (Å²) >= 11 is 1.22. The zero-order chi connectivity index (χ0) is 29.4. The number of ether oxygens (including phenoxy) is 1. The molecule has 2 saturated heterocycles. The Morgan fingerprint density at radius 2 is 2.00 bits per heavy atom. The molecule has 1 aromatic heterocycles. The monoisotopic (exact) mass is 593 g/mol. The number of carbonyl (C=O) groups is 5. The van der Waals surface area contributed by atoms with Crippen LogP contribution in [0.3, 0.4) is 0 Å². The molecule has 0 unspecified atom stereocenters. The fourth-order valence-electron chi connectivity index (χ4n) is 5.95. The van der Waals surface area contributed by atoms with Crippen LogP contribution < -0.4 is 20.7 Å². The van der Waals surface area contributed by atoms with Gasteiger partial charge in [0.2, 0.25) is 17.6 Å². The maximum absolute atomic E-state index is 13.9.